The first-order valence-electron chi connectivity index (χ1n) is 8.85. The van der Waals surface area contributed by atoms with Crippen LogP contribution in [0.4, 0.5) is 0 Å². The summed E-state index contributed by atoms with van der Waals surface area (Å²) < 4.78 is 0. The molecule has 0 bridgehead atoms. The van der Waals surface area contributed by atoms with Gasteiger partial charge in [-0.15, -0.1) is 11.8 Å². The van der Waals surface area contributed by atoms with Crippen LogP contribution in [0, 0.1) is 13.8 Å². The molecule has 0 aliphatic heterocycles. The van der Waals surface area contributed by atoms with Gasteiger partial charge in [0.2, 0.25) is 0 Å². The van der Waals surface area contributed by atoms with Crippen LogP contribution in [0.2, 0.25) is 0 Å². The molecule has 3 aromatic carbocycles. The molecular weight excluding hydrogens is 320 g/mol. The summed E-state index contributed by atoms with van der Waals surface area (Å²) in [5, 5.41) is 0. The molecule has 0 nitrogen and oxygen atoms in total. The number of thioether (sulfide) groups is 1. The maximum absolute atomic E-state index is 2.36. The van der Waals surface area contributed by atoms with E-state index in [9.17, 15) is 0 Å². The molecule has 0 aliphatic rings. The summed E-state index contributed by atoms with van der Waals surface area (Å²) in [6.07, 6.45) is 2.13. The molecule has 0 radical (unpaired) electrons. The molecule has 0 unspecified atom stereocenters. The molecule has 0 saturated heterocycles. The molecule has 3 aromatic rings. The maximum Gasteiger partial charge on any atom is 0.00752 e. The van der Waals surface area contributed by atoms with Crippen LogP contribution in [0.25, 0.3) is 22.3 Å². The van der Waals surface area contributed by atoms with E-state index in [1.807, 2.05) is 0 Å². The van der Waals surface area contributed by atoms with E-state index in [1.165, 1.54) is 43.8 Å². The Kier molecular flexibility index (Phi) is 5.34. The molecule has 0 heterocycles. The highest BCUT2D eigenvalue weighted by atomic mass is 32.2. The van der Waals surface area contributed by atoms with Crippen LogP contribution >= 0.6 is 11.8 Å². The number of hydrogen-bond acceptors (Lipinski definition) is 1. The third-order valence-electron chi connectivity index (χ3n) is 4.90. The topological polar surface area (TPSA) is 0 Å². The smallest absolute Gasteiger partial charge is 0.00752 e. The molecule has 0 spiro atoms. The Morgan fingerprint density at radius 2 is 1.44 bits per heavy atom. The molecule has 0 aromatic heterocycles. The number of aryl methyl sites for hydroxylation is 2. The molecule has 0 N–H and O–H groups in total. The van der Waals surface area contributed by atoms with E-state index in [-0.39, 0.29) is 0 Å². The largest absolute Gasteiger partial charge is 0.130 e. The van der Waals surface area contributed by atoms with Crippen molar-refractivity contribution in [1.82, 2.24) is 0 Å². The summed E-state index contributed by atoms with van der Waals surface area (Å²) in [5.41, 5.74) is 9.33. The second-order valence-electron chi connectivity index (χ2n) is 6.99. The summed E-state index contributed by atoms with van der Waals surface area (Å²) >= 11 is 1.80. The highest BCUT2D eigenvalue weighted by Crippen LogP contribution is 2.35. The molecule has 1 heteroatoms. The van der Waals surface area contributed by atoms with E-state index in [0.29, 0.717) is 5.92 Å². The highest BCUT2D eigenvalue weighted by Gasteiger charge is 2.11. The quantitative estimate of drug-likeness (QED) is 0.441. The number of rotatable bonds is 4. The molecule has 0 fully saturated rings. The normalized spacial score (nSPS) is 11.1. The summed E-state index contributed by atoms with van der Waals surface area (Å²) in [6.45, 7) is 8.89. The zero-order chi connectivity index (χ0) is 18.0. The molecule has 25 heavy (non-hydrogen) atoms. The molecule has 128 valence electrons. The average molecular weight is 347 g/mol. The van der Waals surface area contributed by atoms with Crippen LogP contribution < -0.4 is 0 Å². The van der Waals surface area contributed by atoms with E-state index in [2.05, 4.69) is 94.6 Å². The van der Waals surface area contributed by atoms with Gasteiger partial charge in [-0.2, -0.15) is 0 Å². The Balaban J connectivity index is 2.16. The molecule has 0 amide bonds. The van der Waals surface area contributed by atoms with Crippen molar-refractivity contribution in [3.63, 3.8) is 0 Å². The summed E-state index contributed by atoms with van der Waals surface area (Å²) in [4.78, 5) is 1.31. The van der Waals surface area contributed by atoms with Gasteiger partial charge >= 0.3 is 0 Å². The van der Waals surface area contributed by atoms with Crippen molar-refractivity contribution in [3.05, 3.63) is 77.4 Å². The Morgan fingerprint density at radius 1 is 0.720 bits per heavy atom. The van der Waals surface area contributed by atoms with Crippen LogP contribution in [0.15, 0.2) is 65.6 Å². The average Bonchev–Trinajstić information content (AvgIpc) is 2.63. The van der Waals surface area contributed by atoms with Gasteiger partial charge in [-0.1, -0.05) is 56.3 Å². The van der Waals surface area contributed by atoms with Crippen molar-refractivity contribution in [2.45, 2.75) is 38.5 Å². The second kappa shape index (κ2) is 7.49. The van der Waals surface area contributed by atoms with Crippen LogP contribution in [-0.4, -0.2) is 6.26 Å². The SMILES string of the molecule is CSc1cccc(-c2cc(-c3ccc(C)c(C)c3)ccc2C(C)C)c1. The summed E-state index contributed by atoms with van der Waals surface area (Å²) in [5.74, 6) is 0.502. The van der Waals surface area contributed by atoms with Crippen LogP contribution in [0.1, 0.15) is 36.5 Å². The van der Waals surface area contributed by atoms with Crippen molar-refractivity contribution < 1.29 is 0 Å². The van der Waals surface area contributed by atoms with Crippen molar-refractivity contribution in [3.8, 4) is 22.3 Å². The number of benzene rings is 3. The lowest BCUT2D eigenvalue weighted by Gasteiger charge is -2.16. The Morgan fingerprint density at radius 3 is 2.12 bits per heavy atom. The first-order chi connectivity index (χ1) is 12.0. The Hall–Kier alpha value is -1.99. The zero-order valence-corrected chi connectivity index (χ0v) is 16.6. The highest BCUT2D eigenvalue weighted by molar-refractivity contribution is 7.98. The standard InChI is InChI=1S/C24H26S/c1-16(2)23-12-11-20(19-10-9-17(3)18(4)13-19)15-24(23)21-7-6-8-22(14-21)25-5/h6-16H,1-5H3. The predicted molar refractivity (Wildman–Crippen MR) is 113 cm³/mol. The van der Waals surface area contributed by atoms with E-state index in [1.54, 1.807) is 11.8 Å². The third kappa shape index (κ3) is 3.82. The predicted octanol–water partition coefficient (Wildman–Crippen LogP) is 7.48. The minimum Gasteiger partial charge on any atom is -0.130 e. The van der Waals surface area contributed by atoms with E-state index < -0.39 is 0 Å². The zero-order valence-electron chi connectivity index (χ0n) is 15.8. The van der Waals surface area contributed by atoms with Gasteiger partial charge in [0.1, 0.15) is 0 Å². The van der Waals surface area contributed by atoms with E-state index in [0.717, 1.165) is 0 Å². The summed E-state index contributed by atoms with van der Waals surface area (Å²) in [6, 6.07) is 22.5. The van der Waals surface area contributed by atoms with Gasteiger partial charge in [0, 0.05) is 4.90 Å². The molecule has 0 atom stereocenters. The number of hydrogen-bond donors (Lipinski definition) is 0. The monoisotopic (exact) mass is 346 g/mol. The van der Waals surface area contributed by atoms with Gasteiger partial charge in [0.25, 0.3) is 0 Å². The molecular formula is C24H26S. The van der Waals surface area contributed by atoms with Crippen LogP contribution in [0.5, 0.6) is 0 Å². The van der Waals surface area contributed by atoms with Gasteiger partial charge in [-0.05, 0) is 83.2 Å². The first-order valence-corrected chi connectivity index (χ1v) is 10.1. The Labute approximate surface area is 156 Å². The van der Waals surface area contributed by atoms with Crippen molar-refractivity contribution >= 4 is 11.8 Å². The van der Waals surface area contributed by atoms with E-state index >= 15 is 0 Å². The minimum atomic E-state index is 0.502. The Bertz CT molecular complexity index is 890. The van der Waals surface area contributed by atoms with Crippen LogP contribution in [0.3, 0.4) is 0 Å². The molecule has 3 rings (SSSR count). The minimum absolute atomic E-state index is 0.502. The van der Waals surface area contributed by atoms with Gasteiger partial charge in [0.05, 0.1) is 0 Å². The second-order valence-corrected chi connectivity index (χ2v) is 7.87. The van der Waals surface area contributed by atoms with Crippen molar-refractivity contribution in [2.75, 3.05) is 6.26 Å². The van der Waals surface area contributed by atoms with Gasteiger partial charge in [-0.3, -0.25) is 0 Å². The fourth-order valence-electron chi connectivity index (χ4n) is 3.20. The lowest BCUT2D eigenvalue weighted by molar-refractivity contribution is 0.869. The maximum atomic E-state index is 2.36. The lowest BCUT2D eigenvalue weighted by atomic mass is 9.89. The lowest BCUT2D eigenvalue weighted by Crippen LogP contribution is -1.94. The van der Waals surface area contributed by atoms with Crippen molar-refractivity contribution in [2.24, 2.45) is 0 Å². The molecule has 0 saturated carbocycles. The van der Waals surface area contributed by atoms with Crippen molar-refractivity contribution in [1.29, 1.82) is 0 Å². The third-order valence-corrected chi connectivity index (χ3v) is 5.62. The van der Waals surface area contributed by atoms with E-state index in [4.69, 9.17) is 0 Å². The van der Waals surface area contributed by atoms with Gasteiger partial charge in [-0.25, -0.2) is 0 Å². The van der Waals surface area contributed by atoms with Gasteiger partial charge < -0.3 is 0 Å². The fourth-order valence-corrected chi connectivity index (χ4v) is 3.66. The van der Waals surface area contributed by atoms with Crippen LogP contribution in [-0.2, 0) is 0 Å². The van der Waals surface area contributed by atoms with Gasteiger partial charge in [0.15, 0.2) is 0 Å². The fraction of sp³-hybridized carbons (Fsp3) is 0.250. The summed E-state index contributed by atoms with van der Waals surface area (Å²) in [7, 11) is 0. The first kappa shape index (κ1) is 17.8. The molecule has 0 aliphatic carbocycles.